The van der Waals surface area contributed by atoms with Crippen molar-refractivity contribution in [3.63, 3.8) is 0 Å². The molecule has 1 fully saturated rings. The fourth-order valence-electron chi connectivity index (χ4n) is 3.38. The first-order valence-corrected chi connectivity index (χ1v) is 8.74. The van der Waals surface area contributed by atoms with Gasteiger partial charge in [0.15, 0.2) is 0 Å². The van der Waals surface area contributed by atoms with Gasteiger partial charge in [-0.25, -0.2) is 0 Å². The molecule has 25 heavy (non-hydrogen) atoms. The topological polar surface area (TPSA) is 83.3 Å². The Kier molecular flexibility index (Phi) is 5.45. The second kappa shape index (κ2) is 7.76. The maximum atomic E-state index is 12.3. The van der Waals surface area contributed by atoms with Crippen molar-refractivity contribution >= 4 is 11.9 Å². The molecule has 0 aliphatic carbocycles. The Hall–Kier alpha value is -2.25. The molecule has 1 aliphatic rings. The summed E-state index contributed by atoms with van der Waals surface area (Å²) < 4.78 is 1.75. The lowest BCUT2D eigenvalue weighted by atomic mass is 9.89. The van der Waals surface area contributed by atoms with E-state index in [9.17, 15) is 9.90 Å². The SMILES string of the molecule is CCn1cnnc1NC(=O)CC1(O)CCCN(Cc2ccccc2)C1. The van der Waals surface area contributed by atoms with E-state index in [1.807, 2.05) is 25.1 Å². The molecule has 1 aliphatic heterocycles. The van der Waals surface area contributed by atoms with E-state index in [1.54, 1.807) is 10.9 Å². The zero-order valence-corrected chi connectivity index (χ0v) is 14.6. The highest BCUT2D eigenvalue weighted by atomic mass is 16.3. The molecule has 1 atom stereocenters. The highest BCUT2D eigenvalue weighted by molar-refractivity contribution is 5.89. The minimum atomic E-state index is -1.01. The monoisotopic (exact) mass is 343 g/mol. The summed E-state index contributed by atoms with van der Waals surface area (Å²) in [7, 11) is 0. The zero-order chi connectivity index (χ0) is 17.7. The van der Waals surface area contributed by atoms with Gasteiger partial charge < -0.3 is 9.67 Å². The van der Waals surface area contributed by atoms with Crippen LogP contribution < -0.4 is 5.32 Å². The van der Waals surface area contributed by atoms with Crippen LogP contribution in [0, 0.1) is 0 Å². The van der Waals surface area contributed by atoms with Crippen LogP contribution in [0.5, 0.6) is 0 Å². The smallest absolute Gasteiger partial charge is 0.231 e. The van der Waals surface area contributed by atoms with E-state index in [2.05, 4.69) is 32.5 Å². The highest BCUT2D eigenvalue weighted by Crippen LogP contribution is 2.26. The lowest BCUT2D eigenvalue weighted by Gasteiger charge is -2.39. The van der Waals surface area contributed by atoms with E-state index in [-0.39, 0.29) is 12.3 Å². The summed E-state index contributed by atoms with van der Waals surface area (Å²) in [4.78, 5) is 14.6. The molecule has 0 spiro atoms. The van der Waals surface area contributed by atoms with Gasteiger partial charge in [-0.15, -0.1) is 10.2 Å². The van der Waals surface area contributed by atoms with Gasteiger partial charge in [-0.2, -0.15) is 0 Å². The van der Waals surface area contributed by atoms with E-state index in [0.717, 1.165) is 19.5 Å². The number of benzene rings is 1. The van der Waals surface area contributed by atoms with Crippen molar-refractivity contribution in [1.82, 2.24) is 19.7 Å². The number of anilines is 1. The number of amides is 1. The first-order chi connectivity index (χ1) is 12.1. The van der Waals surface area contributed by atoms with Crippen LogP contribution in [-0.4, -0.2) is 49.4 Å². The van der Waals surface area contributed by atoms with Gasteiger partial charge in [0.1, 0.15) is 6.33 Å². The van der Waals surface area contributed by atoms with E-state index in [1.165, 1.54) is 5.56 Å². The molecule has 0 saturated carbocycles. The van der Waals surface area contributed by atoms with Crippen molar-refractivity contribution in [3.8, 4) is 0 Å². The average molecular weight is 343 g/mol. The first kappa shape index (κ1) is 17.6. The predicted octanol–water partition coefficient (Wildman–Crippen LogP) is 1.65. The number of piperidine rings is 1. The summed E-state index contributed by atoms with van der Waals surface area (Å²) in [6, 6.07) is 10.2. The van der Waals surface area contributed by atoms with Crippen LogP contribution in [-0.2, 0) is 17.9 Å². The van der Waals surface area contributed by atoms with Crippen molar-refractivity contribution in [2.24, 2.45) is 0 Å². The molecule has 0 bridgehead atoms. The molecule has 134 valence electrons. The zero-order valence-electron chi connectivity index (χ0n) is 14.6. The Morgan fingerprint density at radius 1 is 1.36 bits per heavy atom. The molecule has 1 saturated heterocycles. The molecule has 1 aromatic heterocycles. The summed E-state index contributed by atoms with van der Waals surface area (Å²) in [5, 5.41) is 21.3. The third-order valence-electron chi connectivity index (χ3n) is 4.58. The van der Waals surface area contributed by atoms with Crippen LogP contribution >= 0.6 is 0 Å². The largest absolute Gasteiger partial charge is 0.388 e. The van der Waals surface area contributed by atoms with E-state index < -0.39 is 5.60 Å². The van der Waals surface area contributed by atoms with Gasteiger partial charge >= 0.3 is 0 Å². The second-order valence-corrected chi connectivity index (χ2v) is 6.69. The molecule has 1 amide bonds. The number of carbonyl (C=O) groups excluding carboxylic acids is 1. The van der Waals surface area contributed by atoms with Gasteiger partial charge in [0.2, 0.25) is 11.9 Å². The number of nitrogens with zero attached hydrogens (tertiary/aromatic N) is 4. The summed E-state index contributed by atoms with van der Waals surface area (Å²) in [5.41, 5.74) is 0.209. The van der Waals surface area contributed by atoms with Crippen LogP contribution in [0.3, 0.4) is 0 Å². The van der Waals surface area contributed by atoms with Crippen LogP contribution in [0.4, 0.5) is 5.95 Å². The quantitative estimate of drug-likeness (QED) is 0.833. The predicted molar refractivity (Wildman–Crippen MR) is 94.8 cm³/mol. The lowest BCUT2D eigenvalue weighted by Crippen LogP contribution is -2.49. The molecule has 0 radical (unpaired) electrons. The number of β-amino-alcohol motifs (C(OH)–C–C–N with tert-alkyl or cyclic N) is 1. The van der Waals surface area contributed by atoms with Gasteiger partial charge in [0.05, 0.1) is 12.0 Å². The third-order valence-corrected chi connectivity index (χ3v) is 4.58. The Morgan fingerprint density at radius 2 is 2.16 bits per heavy atom. The minimum Gasteiger partial charge on any atom is -0.388 e. The van der Waals surface area contributed by atoms with Gasteiger partial charge in [-0.3, -0.25) is 15.0 Å². The van der Waals surface area contributed by atoms with E-state index >= 15 is 0 Å². The fraction of sp³-hybridized carbons (Fsp3) is 0.500. The molecular formula is C18H25N5O2. The first-order valence-electron chi connectivity index (χ1n) is 8.74. The maximum absolute atomic E-state index is 12.3. The maximum Gasteiger partial charge on any atom is 0.231 e. The molecule has 3 rings (SSSR count). The standard InChI is InChI=1S/C18H25N5O2/c1-2-23-14-19-21-17(23)20-16(24)11-18(25)9-6-10-22(13-18)12-15-7-4-3-5-8-15/h3-5,7-8,14,25H,2,6,9-13H2,1H3,(H,20,21,24). The van der Waals surface area contributed by atoms with Crippen LogP contribution in [0.25, 0.3) is 0 Å². The Bertz CT molecular complexity index is 703. The van der Waals surface area contributed by atoms with Gasteiger partial charge in [-0.1, -0.05) is 30.3 Å². The summed E-state index contributed by atoms with van der Waals surface area (Å²) in [6.07, 6.45) is 3.15. The van der Waals surface area contributed by atoms with Gasteiger partial charge in [0, 0.05) is 19.6 Å². The van der Waals surface area contributed by atoms with Gasteiger partial charge in [0.25, 0.3) is 0 Å². The van der Waals surface area contributed by atoms with Crippen molar-refractivity contribution < 1.29 is 9.90 Å². The van der Waals surface area contributed by atoms with Crippen LogP contribution in [0.15, 0.2) is 36.7 Å². The summed E-state index contributed by atoms with van der Waals surface area (Å²) >= 11 is 0. The van der Waals surface area contributed by atoms with Crippen molar-refractivity contribution in [1.29, 1.82) is 0 Å². The third kappa shape index (κ3) is 4.64. The number of hydrogen-bond donors (Lipinski definition) is 2. The fourth-order valence-corrected chi connectivity index (χ4v) is 3.38. The average Bonchev–Trinajstić information content (AvgIpc) is 3.02. The number of carbonyl (C=O) groups is 1. The van der Waals surface area contributed by atoms with Crippen molar-refractivity contribution in [3.05, 3.63) is 42.2 Å². The van der Waals surface area contributed by atoms with Crippen LogP contribution in [0.1, 0.15) is 31.7 Å². The molecular weight excluding hydrogens is 318 g/mol. The number of aryl methyl sites for hydroxylation is 1. The summed E-state index contributed by atoms with van der Waals surface area (Å²) in [6.45, 7) is 4.85. The molecule has 2 N–H and O–H groups in total. The number of likely N-dealkylation sites (tertiary alicyclic amines) is 1. The van der Waals surface area contributed by atoms with Crippen molar-refractivity contribution in [2.45, 2.75) is 44.9 Å². The molecule has 2 aromatic rings. The van der Waals surface area contributed by atoms with Gasteiger partial charge in [-0.05, 0) is 31.9 Å². The number of rotatable bonds is 6. The molecule has 7 nitrogen and oxygen atoms in total. The molecule has 7 heteroatoms. The number of nitrogens with one attached hydrogen (secondary N) is 1. The molecule has 1 unspecified atom stereocenters. The number of aromatic nitrogens is 3. The highest BCUT2D eigenvalue weighted by Gasteiger charge is 2.35. The minimum absolute atomic E-state index is 0.0643. The van der Waals surface area contributed by atoms with Crippen molar-refractivity contribution in [2.75, 3.05) is 18.4 Å². The number of aliphatic hydroxyl groups is 1. The normalized spacial score (nSPS) is 21.2. The van der Waals surface area contributed by atoms with Crippen LogP contribution in [0.2, 0.25) is 0 Å². The Morgan fingerprint density at radius 3 is 2.92 bits per heavy atom. The number of hydrogen-bond acceptors (Lipinski definition) is 5. The molecule has 2 heterocycles. The molecule has 1 aromatic carbocycles. The van der Waals surface area contributed by atoms with E-state index in [0.29, 0.717) is 25.5 Å². The lowest BCUT2D eigenvalue weighted by molar-refractivity contribution is -0.124. The Balaban J connectivity index is 1.58. The van der Waals surface area contributed by atoms with E-state index in [4.69, 9.17) is 0 Å². The second-order valence-electron chi connectivity index (χ2n) is 6.69. The Labute approximate surface area is 147 Å². The summed E-state index contributed by atoms with van der Waals surface area (Å²) in [5.74, 6) is 0.194.